The van der Waals surface area contributed by atoms with Gasteiger partial charge in [0, 0.05) is 10.9 Å². The van der Waals surface area contributed by atoms with Gasteiger partial charge in [0.25, 0.3) is 0 Å². The Morgan fingerprint density at radius 3 is 2.21 bits per heavy atom. The molecule has 0 saturated carbocycles. The van der Waals surface area contributed by atoms with Gasteiger partial charge in [0.05, 0.1) is 33.3 Å². The fourth-order valence-corrected chi connectivity index (χ4v) is 8.65. The molecule has 0 amide bonds. The third kappa shape index (κ3) is 3.52. The Bertz CT molecular complexity index is 2630. The molecule has 1 aliphatic heterocycles. The van der Waals surface area contributed by atoms with Gasteiger partial charge in [0.1, 0.15) is 0 Å². The quantitative estimate of drug-likeness (QED) is 0.186. The van der Waals surface area contributed by atoms with Crippen molar-refractivity contribution in [1.29, 1.82) is 0 Å². The molecule has 0 spiro atoms. The molecule has 10 rings (SSSR count). The lowest BCUT2D eigenvalue weighted by molar-refractivity contribution is -0.137. The normalized spacial score (nSPS) is 13.9. The van der Waals surface area contributed by atoms with Crippen LogP contribution in [0.4, 0.5) is 13.2 Å². The van der Waals surface area contributed by atoms with Crippen LogP contribution in [0.1, 0.15) is 27.8 Å². The molecule has 0 saturated heterocycles. The molecule has 0 atom stereocenters. The van der Waals surface area contributed by atoms with Crippen LogP contribution >= 0.6 is 0 Å². The zero-order chi connectivity index (χ0) is 31.8. The van der Waals surface area contributed by atoms with Gasteiger partial charge in [-0.15, -0.1) is 0 Å². The van der Waals surface area contributed by atoms with Gasteiger partial charge in [-0.3, -0.25) is 8.97 Å². The van der Waals surface area contributed by atoms with Gasteiger partial charge in [-0.25, -0.2) is 4.98 Å². The van der Waals surface area contributed by atoms with Crippen molar-refractivity contribution in [2.75, 3.05) is 0 Å². The van der Waals surface area contributed by atoms with Crippen molar-refractivity contribution < 1.29 is 13.2 Å². The summed E-state index contributed by atoms with van der Waals surface area (Å²) in [6.45, 7) is 3.78. The van der Waals surface area contributed by atoms with E-state index in [9.17, 15) is 13.2 Å². The summed E-state index contributed by atoms with van der Waals surface area (Å²) in [5.74, 6) is 0.610. The summed E-state index contributed by atoms with van der Waals surface area (Å²) in [6, 6.07) is 34.0. The monoisotopic (exact) mass is 617 g/mol. The Morgan fingerprint density at radius 2 is 1.43 bits per heavy atom. The summed E-state index contributed by atoms with van der Waals surface area (Å²) < 4.78 is 48.3. The maximum atomic E-state index is 14.7. The van der Waals surface area contributed by atoms with Crippen LogP contribution in [0.3, 0.4) is 0 Å². The minimum absolute atomic E-state index is 0.356. The van der Waals surface area contributed by atoms with Crippen LogP contribution in [0.5, 0.6) is 0 Å². The molecule has 6 aromatic carbocycles. The highest BCUT2D eigenvalue weighted by Gasteiger charge is 2.40. The molecule has 8 aromatic rings. The maximum Gasteiger partial charge on any atom is 0.416 e. The van der Waals surface area contributed by atoms with E-state index < -0.39 is 11.7 Å². The van der Waals surface area contributed by atoms with Crippen molar-refractivity contribution in [3.05, 3.63) is 131 Å². The van der Waals surface area contributed by atoms with E-state index in [2.05, 4.69) is 77.4 Å². The molecule has 0 bridgehead atoms. The minimum atomic E-state index is -4.52. The lowest BCUT2D eigenvalue weighted by Gasteiger charge is -2.29. The van der Waals surface area contributed by atoms with E-state index in [0.717, 1.165) is 73.6 Å². The van der Waals surface area contributed by atoms with Crippen molar-refractivity contribution in [3.8, 4) is 16.8 Å². The number of imidazole rings is 1. The molecule has 1 aliphatic carbocycles. The maximum absolute atomic E-state index is 14.7. The molecular weight excluding hydrogens is 590 g/mol. The lowest BCUT2D eigenvalue weighted by atomic mass is 9.34. The van der Waals surface area contributed by atoms with E-state index in [0.29, 0.717) is 16.8 Å². The van der Waals surface area contributed by atoms with Crippen LogP contribution in [-0.4, -0.2) is 20.7 Å². The smallest absolute Gasteiger partial charge is 0.279 e. The molecule has 2 aromatic heterocycles. The van der Waals surface area contributed by atoms with Crippen molar-refractivity contribution in [2.45, 2.75) is 32.9 Å². The highest BCUT2D eigenvalue weighted by atomic mass is 19.4. The van der Waals surface area contributed by atoms with Crippen LogP contribution < -0.4 is 16.4 Å². The number of halogens is 3. The molecule has 0 unspecified atom stereocenters. The standard InChI is InChI=1S/C40H27BF3N3/c1-22-9-8-10-23(2)36(22)41-29-19-26-16-15-25-17-18-33-35(34(25)26)38(29)47-37-30(41)20-27(40(42,43)44)21-31(37)45-39(47)46(33)32-14-7-6-13-28(32)24-11-4-3-5-12-24/h3-14,17-21H,15-16H2,1-2H3. The number of aryl methyl sites for hydroxylation is 4. The van der Waals surface area contributed by atoms with Crippen molar-refractivity contribution >= 4 is 61.7 Å². The highest BCUT2D eigenvalue weighted by Crippen LogP contribution is 2.42. The van der Waals surface area contributed by atoms with Crippen LogP contribution in [0, 0.1) is 13.8 Å². The number of hydrogen-bond donors (Lipinski definition) is 0. The summed E-state index contributed by atoms with van der Waals surface area (Å²) >= 11 is 0. The Labute approximate surface area is 269 Å². The van der Waals surface area contributed by atoms with Gasteiger partial charge in [-0.2, -0.15) is 13.2 Å². The summed E-state index contributed by atoms with van der Waals surface area (Å²) in [6.07, 6.45) is -2.67. The molecule has 0 fully saturated rings. The topological polar surface area (TPSA) is 22.2 Å². The van der Waals surface area contributed by atoms with Crippen molar-refractivity contribution in [1.82, 2.24) is 14.0 Å². The number of alkyl halides is 3. The SMILES string of the molecule is Cc1cccc(C)c1B1c2cc(C(F)(F)F)cc3nc4n(-c5ccccc5-c5ccccc5)c5ccc6c7c(cc1c(c75)n4c23)CC6. The number of hydrogen-bond acceptors (Lipinski definition) is 1. The second-order valence-corrected chi connectivity index (χ2v) is 13.1. The molecule has 47 heavy (non-hydrogen) atoms. The molecule has 0 N–H and O–H groups in total. The van der Waals surface area contributed by atoms with E-state index in [4.69, 9.17) is 4.98 Å². The first-order chi connectivity index (χ1) is 22.8. The fourth-order valence-electron chi connectivity index (χ4n) is 8.65. The van der Waals surface area contributed by atoms with Crippen molar-refractivity contribution in [2.24, 2.45) is 0 Å². The van der Waals surface area contributed by atoms with Gasteiger partial charge in [-0.1, -0.05) is 102 Å². The Hall–Kier alpha value is -5.30. The lowest BCUT2D eigenvalue weighted by Crippen LogP contribution is -2.56. The number of aromatic nitrogens is 3. The summed E-state index contributed by atoms with van der Waals surface area (Å²) in [4.78, 5) is 5.12. The second-order valence-electron chi connectivity index (χ2n) is 13.1. The van der Waals surface area contributed by atoms with E-state index in [-0.39, 0.29) is 6.71 Å². The zero-order valence-electron chi connectivity index (χ0n) is 25.8. The predicted octanol–water partition coefficient (Wildman–Crippen LogP) is 7.82. The van der Waals surface area contributed by atoms with Gasteiger partial charge in [0.15, 0.2) is 0 Å². The van der Waals surface area contributed by atoms with Crippen LogP contribution in [0.15, 0.2) is 103 Å². The first-order valence-electron chi connectivity index (χ1n) is 16.1. The fraction of sp³-hybridized carbons (Fsp3) is 0.125. The Kier molecular flexibility index (Phi) is 5.24. The van der Waals surface area contributed by atoms with Crippen LogP contribution in [-0.2, 0) is 19.0 Å². The van der Waals surface area contributed by atoms with Crippen LogP contribution in [0.25, 0.3) is 55.4 Å². The van der Waals surface area contributed by atoms with Crippen molar-refractivity contribution in [3.63, 3.8) is 0 Å². The van der Waals surface area contributed by atoms with Gasteiger partial charge < -0.3 is 0 Å². The molecule has 0 radical (unpaired) electrons. The minimum Gasteiger partial charge on any atom is -0.279 e. The summed E-state index contributed by atoms with van der Waals surface area (Å²) in [7, 11) is 0. The van der Waals surface area contributed by atoms with E-state index >= 15 is 0 Å². The first-order valence-corrected chi connectivity index (χ1v) is 16.1. The van der Waals surface area contributed by atoms with E-state index in [1.807, 2.05) is 36.4 Å². The number of rotatable bonds is 3. The third-order valence-corrected chi connectivity index (χ3v) is 10.5. The number of para-hydroxylation sites is 1. The molecule has 7 heteroatoms. The summed E-state index contributed by atoms with van der Waals surface area (Å²) in [5, 5.41) is 2.43. The summed E-state index contributed by atoms with van der Waals surface area (Å²) in [5.41, 5.74) is 13.0. The second kappa shape index (κ2) is 9.16. The average Bonchev–Trinajstić information content (AvgIpc) is 3.67. The van der Waals surface area contributed by atoms with Gasteiger partial charge >= 0.3 is 6.18 Å². The van der Waals surface area contributed by atoms with E-state index in [1.165, 1.54) is 28.6 Å². The Morgan fingerprint density at radius 1 is 0.702 bits per heavy atom. The molecule has 226 valence electrons. The predicted molar refractivity (Wildman–Crippen MR) is 185 cm³/mol. The van der Waals surface area contributed by atoms with Gasteiger partial charge in [0.2, 0.25) is 12.5 Å². The molecule has 3 heterocycles. The molecular formula is C40H27BF3N3. The largest absolute Gasteiger partial charge is 0.416 e. The molecule has 2 aliphatic rings. The van der Waals surface area contributed by atoms with Crippen LogP contribution in [0.2, 0.25) is 0 Å². The zero-order valence-corrected chi connectivity index (χ0v) is 25.8. The third-order valence-electron chi connectivity index (χ3n) is 10.5. The average molecular weight is 617 g/mol. The number of benzene rings is 6. The first kappa shape index (κ1) is 26.9. The molecule has 3 nitrogen and oxygen atoms in total. The van der Waals surface area contributed by atoms with E-state index in [1.54, 1.807) is 0 Å². The van der Waals surface area contributed by atoms with Gasteiger partial charge in [-0.05, 0) is 77.9 Å². The highest BCUT2D eigenvalue weighted by molar-refractivity contribution is 6.99. The Balaban J connectivity index is 1.47. The number of nitrogens with zero attached hydrogens (tertiary/aromatic N) is 3.